The van der Waals surface area contributed by atoms with Crippen molar-refractivity contribution in [3.05, 3.63) is 113 Å². The van der Waals surface area contributed by atoms with Gasteiger partial charge in [0, 0.05) is 11.1 Å². The second kappa shape index (κ2) is 10.7. The number of aliphatic imine (C=N–C) groups is 1. The molecule has 0 spiro atoms. The third-order valence-corrected chi connectivity index (χ3v) is 4.90. The molecule has 3 heteroatoms. The van der Waals surface area contributed by atoms with Gasteiger partial charge < -0.3 is 4.74 Å². The molecule has 3 nitrogen and oxygen atoms in total. The van der Waals surface area contributed by atoms with Crippen LogP contribution < -0.4 is 0 Å². The summed E-state index contributed by atoms with van der Waals surface area (Å²) < 4.78 is 5.72. The first-order valence-electron chi connectivity index (χ1n) is 11.0. The number of benzene rings is 3. The van der Waals surface area contributed by atoms with Crippen molar-refractivity contribution < 1.29 is 9.53 Å². The Labute approximate surface area is 191 Å². The summed E-state index contributed by atoms with van der Waals surface area (Å²) in [7, 11) is 0. The van der Waals surface area contributed by atoms with Gasteiger partial charge in [-0.3, -0.25) is 4.99 Å². The molecule has 3 rings (SSSR count). The molecule has 0 amide bonds. The van der Waals surface area contributed by atoms with Gasteiger partial charge in [0.15, 0.2) is 6.04 Å². The maximum absolute atomic E-state index is 13.1. The first kappa shape index (κ1) is 23.2. The van der Waals surface area contributed by atoms with Gasteiger partial charge >= 0.3 is 5.97 Å². The van der Waals surface area contributed by atoms with Gasteiger partial charge in [-0.05, 0) is 45.2 Å². The van der Waals surface area contributed by atoms with Gasteiger partial charge in [-0.25, -0.2) is 4.79 Å². The van der Waals surface area contributed by atoms with Gasteiger partial charge in [-0.2, -0.15) is 0 Å². The minimum Gasteiger partial charge on any atom is -0.458 e. The van der Waals surface area contributed by atoms with E-state index in [9.17, 15) is 4.79 Å². The Hall–Kier alpha value is -3.46. The van der Waals surface area contributed by atoms with Crippen LogP contribution in [0.3, 0.4) is 0 Å². The molecule has 1 atom stereocenters. The third kappa shape index (κ3) is 6.78. The van der Waals surface area contributed by atoms with Crippen LogP contribution in [0.1, 0.15) is 49.4 Å². The van der Waals surface area contributed by atoms with E-state index < -0.39 is 11.6 Å². The number of hydrogen-bond donors (Lipinski definition) is 0. The lowest BCUT2D eigenvalue weighted by Crippen LogP contribution is -2.31. The van der Waals surface area contributed by atoms with Crippen LogP contribution in [0.5, 0.6) is 0 Å². The third-order valence-electron chi connectivity index (χ3n) is 4.90. The molecule has 0 saturated heterocycles. The fourth-order valence-electron chi connectivity index (χ4n) is 3.33. The molecule has 0 unspecified atom stereocenters. The first-order chi connectivity index (χ1) is 15.3. The lowest BCUT2D eigenvalue weighted by atomic mass is 10.0. The normalized spacial score (nSPS) is 12.4. The SMILES string of the molecule is Cc1ccccc1/C=C/C[C@H](N=C(c1ccccc1)c1ccccc1)C(=O)OC(C)(C)C. The zero-order chi connectivity index (χ0) is 23.0. The number of ether oxygens (including phenoxy) is 1. The molecule has 0 radical (unpaired) electrons. The van der Waals surface area contributed by atoms with Crippen LogP contribution in [-0.2, 0) is 9.53 Å². The van der Waals surface area contributed by atoms with Crippen LogP contribution in [0.2, 0.25) is 0 Å². The summed E-state index contributed by atoms with van der Waals surface area (Å²) in [4.78, 5) is 18.0. The predicted molar refractivity (Wildman–Crippen MR) is 133 cm³/mol. The number of carbonyl (C=O) groups excluding carboxylic acids is 1. The van der Waals surface area contributed by atoms with Gasteiger partial charge in [0.05, 0.1) is 5.71 Å². The Morgan fingerprint density at radius 3 is 1.94 bits per heavy atom. The topological polar surface area (TPSA) is 38.7 Å². The molecule has 0 aromatic heterocycles. The number of nitrogens with zero attached hydrogens (tertiary/aromatic N) is 1. The van der Waals surface area contributed by atoms with Gasteiger partial charge in [-0.15, -0.1) is 0 Å². The summed E-state index contributed by atoms with van der Waals surface area (Å²) >= 11 is 0. The molecular weight excluding hydrogens is 394 g/mol. The molecule has 0 heterocycles. The Balaban J connectivity index is 1.98. The predicted octanol–water partition coefficient (Wildman–Crippen LogP) is 6.65. The Morgan fingerprint density at radius 1 is 0.875 bits per heavy atom. The number of hydrogen-bond acceptors (Lipinski definition) is 3. The fraction of sp³-hybridized carbons (Fsp3) is 0.241. The lowest BCUT2D eigenvalue weighted by molar-refractivity contribution is -0.156. The highest BCUT2D eigenvalue weighted by Gasteiger charge is 2.25. The van der Waals surface area contributed by atoms with Crippen molar-refractivity contribution in [1.29, 1.82) is 0 Å². The van der Waals surface area contributed by atoms with Gasteiger partial charge in [0.2, 0.25) is 0 Å². The average molecular weight is 426 g/mol. The summed E-state index contributed by atoms with van der Waals surface area (Å²) in [5.41, 5.74) is 4.46. The van der Waals surface area contributed by atoms with Crippen molar-refractivity contribution in [2.24, 2.45) is 4.99 Å². The van der Waals surface area contributed by atoms with Crippen molar-refractivity contribution in [3.63, 3.8) is 0 Å². The van der Waals surface area contributed by atoms with Crippen molar-refractivity contribution in [2.45, 2.75) is 45.8 Å². The largest absolute Gasteiger partial charge is 0.458 e. The maximum Gasteiger partial charge on any atom is 0.331 e. The molecule has 0 aliphatic carbocycles. The quantitative estimate of drug-likeness (QED) is 0.314. The zero-order valence-electron chi connectivity index (χ0n) is 19.3. The number of esters is 1. The van der Waals surface area contributed by atoms with E-state index in [1.165, 1.54) is 5.56 Å². The second-order valence-electron chi connectivity index (χ2n) is 8.75. The van der Waals surface area contributed by atoms with Gasteiger partial charge in [0.25, 0.3) is 0 Å². The molecule has 0 aliphatic heterocycles. The first-order valence-corrected chi connectivity index (χ1v) is 11.0. The van der Waals surface area contributed by atoms with Gasteiger partial charge in [-0.1, -0.05) is 97.1 Å². The highest BCUT2D eigenvalue weighted by molar-refractivity contribution is 6.13. The summed E-state index contributed by atoms with van der Waals surface area (Å²) in [5, 5.41) is 0. The van der Waals surface area contributed by atoms with E-state index >= 15 is 0 Å². The molecule has 0 aliphatic rings. The Morgan fingerprint density at radius 2 is 1.41 bits per heavy atom. The number of carbonyl (C=O) groups is 1. The van der Waals surface area contributed by atoms with Crippen molar-refractivity contribution in [1.82, 2.24) is 0 Å². The van der Waals surface area contributed by atoms with E-state index in [0.29, 0.717) is 6.42 Å². The van der Waals surface area contributed by atoms with Crippen LogP contribution in [0.4, 0.5) is 0 Å². The van der Waals surface area contributed by atoms with E-state index in [2.05, 4.69) is 19.1 Å². The van der Waals surface area contributed by atoms with Crippen molar-refractivity contribution in [3.8, 4) is 0 Å². The Bertz CT molecular complexity index is 1040. The number of rotatable bonds is 7. The molecule has 0 N–H and O–H groups in total. The van der Waals surface area contributed by atoms with E-state index in [0.717, 1.165) is 22.4 Å². The van der Waals surface area contributed by atoms with E-state index in [-0.39, 0.29) is 5.97 Å². The van der Waals surface area contributed by atoms with Crippen molar-refractivity contribution in [2.75, 3.05) is 0 Å². The molecule has 0 fully saturated rings. The van der Waals surface area contributed by atoms with E-state index in [1.807, 2.05) is 106 Å². The monoisotopic (exact) mass is 425 g/mol. The minimum atomic E-state index is -0.648. The minimum absolute atomic E-state index is 0.323. The van der Waals surface area contributed by atoms with E-state index in [1.54, 1.807) is 0 Å². The summed E-state index contributed by atoms with van der Waals surface area (Å²) in [6, 6.07) is 27.5. The van der Waals surface area contributed by atoms with Crippen LogP contribution in [0.25, 0.3) is 6.08 Å². The highest BCUT2D eigenvalue weighted by Crippen LogP contribution is 2.18. The molecule has 164 valence electrons. The molecule has 3 aromatic carbocycles. The van der Waals surface area contributed by atoms with Crippen molar-refractivity contribution >= 4 is 17.8 Å². The second-order valence-corrected chi connectivity index (χ2v) is 8.75. The summed E-state index contributed by atoms with van der Waals surface area (Å²) in [5.74, 6) is -0.323. The van der Waals surface area contributed by atoms with Gasteiger partial charge in [0.1, 0.15) is 5.60 Å². The lowest BCUT2D eigenvalue weighted by Gasteiger charge is -2.22. The van der Waals surface area contributed by atoms with Crippen LogP contribution in [-0.4, -0.2) is 23.3 Å². The van der Waals surface area contributed by atoms with Crippen LogP contribution >= 0.6 is 0 Å². The molecule has 3 aromatic rings. The molecule has 0 bridgehead atoms. The highest BCUT2D eigenvalue weighted by atomic mass is 16.6. The van der Waals surface area contributed by atoms with E-state index in [4.69, 9.17) is 9.73 Å². The summed E-state index contributed by atoms with van der Waals surface area (Å²) in [6.45, 7) is 7.71. The fourth-order valence-corrected chi connectivity index (χ4v) is 3.33. The summed E-state index contributed by atoms with van der Waals surface area (Å²) in [6.07, 6.45) is 4.51. The average Bonchev–Trinajstić information content (AvgIpc) is 2.77. The number of aryl methyl sites for hydroxylation is 1. The van der Waals surface area contributed by atoms with Crippen LogP contribution in [0.15, 0.2) is 96.0 Å². The smallest absolute Gasteiger partial charge is 0.331 e. The molecular formula is C29H31NO2. The molecule has 0 saturated carbocycles. The maximum atomic E-state index is 13.1. The zero-order valence-corrected chi connectivity index (χ0v) is 19.3. The van der Waals surface area contributed by atoms with Crippen LogP contribution in [0, 0.1) is 6.92 Å². The molecule has 32 heavy (non-hydrogen) atoms. The standard InChI is InChI=1S/C29H31NO2/c1-22-14-11-12-15-23(22)20-13-21-26(28(31)32-29(2,3)4)30-27(24-16-7-5-8-17-24)25-18-9-6-10-19-25/h5-20,26H,21H2,1-4H3/b20-13+/t26-/m0/s1. The Kier molecular flexibility index (Phi) is 7.77.